The summed E-state index contributed by atoms with van der Waals surface area (Å²) in [6.07, 6.45) is 0.619. The van der Waals surface area contributed by atoms with Gasteiger partial charge in [-0.2, -0.15) is 18.4 Å². The minimum absolute atomic E-state index is 0.0818. The fourth-order valence-electron chi connectivity index (χ4n) is 2.83. The number of alkyl halides is 3. The zero-order valence-corrected chi connectivity index (χ0v) is 12.6. The third-order valence-electron chi connectivity index (χ3n) is 3.99. The molecule has 1 unspecified atom stereocenters. The summed E-state index contributed by atoms with van der Waals surface area (Å²) in [5.74, 6) is -1.05. The van der Waals surface area contributed by atoms with Crippen LogP contribution in [-0.4, -0.2) is 17.0 Å². The zero-order valence-electron chi connectivity index (χ0n) is 12.6. The van der Waals surface area contributed by atoms with E-state index >= 15 is 0 Å². The number of hydrogen-bond donors (Lipinski definition) is 1. The molecule has 0 radical (unpaired) electrons. The van der Waals surface area contributed by atoms with Crippen molar-refractivity contribution < 1.29 is 18.0 Å². The Hall–Kier alpha value is -3.01. The highest BCUT2D eigenvalue weighted by atomic mass is 19.4. The van der Waals surface area contributed by atoms with Gasteiger partial charge < -0.3 is 10.2 Å². The lowest BCUT2D eigenvalue weighted by Gasteiger charge is -2.48. The molecule has 7 heteroatoms. The number of nitriles is 1. The minimum Gasteiger partial charge on any atom is -0.317 e. The molecule has 0 fully saturated rings. The van der Waals surface area contributed by atoms with Crippen molar-refractivity contribution in [2.75, 3.05) is 0 Å². The van der Waals surface area contributed by atoms with Crippen molar-refractivity contribution in [3.63, 3.8) is 0 Å². The lowest BCUT2D eigenvalue weighted by molar-refractivity contribution is -0.237. The molecular formula is C17H12F3N3O. The van der Waals surface area contributed by atoms with E-state index in [0.717, 1.165) is 10.5 Å². The molecule has 1 amide bonds. The smallest absolute Gasteiger partial charge is 0.317 e. The Balaban J connectivity index is 2.32. The van der Waals surface area contributed by atoms with Crippen molar-refractivity contribution in [2.45, 2.75) is 18.8 Å². The van der Waals surface area contributed by atoms with E-state index in [1.165, 1.54) is 36.6 Å². The fraction of sp³-hybridized carbons (Fsp3) is 0.176. The maximum Gasteiger partial charge on any atom is 0.435 e. The second kappa shape index (κ2) is 5.27. The van der Waals surface area contributed by atoms with Gasteiger partial charge in [-0.25, -0.2) is 0 Å². The molecule has 0 aliphatic carbocycles. The van der Waals surface area contributed by atoms with Crippen LogP contribution in [0.15, 0.2) is 60.0 Å². The first kappa shape index (κ1) is 15.9. The Morgan fingerprint density at radius 3 is 2.46 bits per heavy atom. The lowest BCUT2D eigenvalue weighted by Crippen LogP contribution is -2.67. The average Bonchev–Trinajstić information content (AvgIpc) is 2.54. The summed E-state index contributed by atoms with van der Waals surface area (Å²) in [6.45, 7) is 1.76. The van der Waals surface area contributed by atoms with Crippen LogP contribution < -0.4 is 5.32 Å². The topological polar surface area (TPSA) is 56.1 Å². The Kier molecular flexibility index (Phi) is 3.48. The summed E-state index contributed by atoms with van der Waals surface area (Å²) >= 11 is 0. The summed E-state index contributed by atoms with van der Waals surface area (Å²) in [6, 6.07) is 7.41. The van der Waals surface area contributed by atoms with Gasteiger partial charge in [0.25, 0.3) is 5.91 Å². The van der Waals surface area contributed by atoms with Crippen molar-refractivity contribution in [2.24, 2.45) is 0 Å². The number of nitrogens with one attached hydrogen (secondary N) is 1. The van der Waals surface area contributed by atoms with Crippen LogP contribution in [0.2, 0.25) is 0 Å². The summed E-state index contributed by atoms with van der Waals surface area (Å²) < 4.78 is 42.4. The molecule has 24 heavy (non-hydrogen) atoms. The van der Waals surface area contributed by atoms with E-state index < -0.39 is 17.7 Å². The number of benzene rings is 1. The number of hydrogen-bond acceptors (Lipinski definition) is 3. The molecular weight excluding hydrogens is 319 g/mol. The van der Waals surface area contributed by atoms with Crippen molar-refractivity contribution in [1.29, 1.82) is 5.26 Å². The van der Waals surface area contributed by atoms with Gasteiger partial charge in [-0.15, -0.1) is 0 Å². The third-order valence-corrected chi connectivity index (χ3v) is 3.99. The van der Waals surface area contributed by atoms with Crippen LogP contribution in [0.1, 0.15) is 11.1 Å². The highest BCUT2D eigenvalue weighted by molar-refractivity contribution is 6.00. The fourth-order valence-corrected chi connectivity index (χ4v) is 2.83. The molecule has 4 nitrogen and oxygen atoms in total. The molecule has 3 rings (SSSR count). The molecule has 0 saturated heterocycles. The zero-order chi connectivity index (χ0) is 17.5. The lowest BCUT2D eigenvalue weighted by atomic mass is 9.90. The quantitative estimate of drug-likeness (QED) is 0.861. The Morgan fingerprint density at radius 2 is 1.88 bits per heavy atom. The van der Waals surface area contributed by atoms with E-state index in [9.17, 15) is 18.0 Å². The molecule has 0 bridgehead atoms. The maximum atomic E-state index is 14.1. The first-order chi connectivity index (χ1) is 11.3. The summed E-state index contributed by atoms with van der Waals surface area (Å²) in [7, 11) is 0. The van der Waals surface area contributed by atoms with Gasteiger partial charge in [0.05, 0.1) is 5.70 Å². The normalized spacial score (nSPS) is 23.0. The molecule has 0 spiro atoms. The highest BCUT2D eigenvalue weighted by Gasteiger charge is 2.63. The number of rotatable bonds is 1. The molecule has 1 aromatic carbocycles. The van der Waals surface area contributed by atoms with Crippen LogP contribution in [0, 0.1) is 18.3 Å². The van der Waals surface area contributed by atoms with Gasteiger partial charge >= 0.3 is 6.18 Å². The first-order valence-electron chi connectivity index (χ1n) is 7.06. The third kappa shape index (κ3) is 2.11. The van der Waals surface area contributed by atoms with E-state index in [-0.39, 0.29) is 16.8 Å². The molecule has 1 atom stereocenters. The highest BCUT2D eigenvalue weighted by Crippen LogP contribution is 2.47. The first-order valence-corrected chi connectivity index (χ1v) is 7.06. The van der Waals surface area contributed by atoms with Crippen LogP contribution >= 0.6 is 0 Å². The van der Waals surface area contributed by atoms with Crippen LogP contribution in [0.25, 0.3) is 0 Å². The van der Waals surface area contributed by atoms with Crippen molar-refractivity contribution in [3.8, 4) is 6.07 Å². The largest absolute Gasteiger partial charge is 0.435 e. The van der Waals surface area contributed by atoms with Gasteiger partial charge in [-0.3, -0.25) is 4.79 Å². The predicted octanol–water partition coefficient (Wildman–Crippen LogP) is 3.00. The van der Waals surface area contributed by atoms with Crippen LogP contribution in [0.3, 0.4) is 0 Å². The number of fused-ring (bicyclic) bond motifs is 1. The van der Waals surface area contributed by atoms with E-state index in [0.29, 0.717) is 0 Å². The molecule has 2 aliphatic rings. The van der Waals surface area contributed by atoms with Gasteiger partial charge in [-0.1, -0.05) is 35.9 Å². The number of carbonyl (C=O) groups is 1. The maximum absolute atomic E-state index is 14.1. The number of halogens is 3. The predicted molar refractivity (Wildman–Crippen MR) is 79.8 cm³/mol. The second-order valence-electron chi connectivity index (χ2n) is 5.47. The van der Waals surface area contributed by atoms with E-state index in [4.69, 9.17) is 5.26 Å². The van der Waals surface area contributed by atoms with Gasteiger partial charge in [0.1, 0.15) is 11.6 Å². The molecule has 2 heterocycles. The molecule has 2 aliphatic heterocycles. The van der Waals surface area contributed by atoms with Crippen LogP contribution in [0.5, 0.6) is 0 Å². The van der Waals surface area contributed by atoms with Crippen molar-refractivity contribution in [1.82, 2.24) is 10.2 Å². The van der Waals surface area contributed by atoms with Crippen molar-refractivity contribution in [3.05, 3.63) is 71.1 Å². The average molecular weight is 331 g/mol. The molecule has 0 aromatic heterocycles. The van der Waals surface area contributed by atoms with E-state index in [2.05, 4.69) is 0 Å². The minimum atomic E-state index is -4.82. The second-order valence-corrected chi connectivity index (χ2v) is 5.47. The molecule has 122 valence electrons. The molecule has 1 aromatic rings. The van der Waals surface area contributed by atoms with Crippen LogP contribution in [-0.2, 0) is 10.5 Å². The monoisotopic (exact) mass is 331 g/mol. The number of nitrogens with zero attached hydrogens (tertiary/aromatic N) is 2. The number of amides is 1. The molecule has 1 N–H and O–H groups in total. The van der Waals surface area contributed by atoms with Crippen molar-refractivity contribution >= 4 is 5.91 Å². The Morgan fingerprint density at radius 1 is 1.21 bits per heavy atom. The summed E-state index contributed by atoms with van der Waals surface area (Å²) in [5, 5.41) is 11.1. The van der Waals surface area contributed by atoms with Gasteiger partial charge in [0.15, 0.2) is 0 Å². The number of allylic oxidation sites excluding steroid dienone is 3. The summed E-state index contributed by atoms with van der Waals surface area (Å²) in [4.78, 5) is 13.1. The van der Waals surface area contributed by atoms with Gasteiger partial charge in [0, 0.05) is 11.8 Å². The van der Waals surface area contributed by atoms with Gasteiger partial charge in [-0.05, 0) is 19.1 Å². The number of carbonyl (C=O) groups excluding carboxylic acids is 1. The standard InChI is InChI=1S/C17H12F3N3O/c1-11-5-7-12(8-6-11)16(17(18,19)20)22-15(24)13(10-21)14-4-2-3-9-23(14)16/h2-9H,1H3,(H,22,24). The van der Waals surface area contributed by atoms with Crippen LogP contribution in [0.4, 0.5) is 13.2 Å². The number of aryl methyl sites for hydroxylation is 1. The van der Waals surface area contributed by atoms with Gasteiger partial charge in [0.2, 0.25) is 5.66 Å². The summed E-state index contributed by atoms with van der Waals surface area (Å²) in [5.41, 5.74) is -2.55. The molecule has 0 saturated carbocycles. The Bertz CT molecular complexity index is 828. The SMILES string of the molecule is Cc1ccc(C2(C(F)(F)F)NC(=O)C(C#N)=C3C=CC=CN32)cc1. The Labute approximate surface area is 136 Å². The van der Waals surface area contributed by atoms with E-state index in [1.807, 2.05) is 5.32 Å². The van der Waals surface area contributed by atoms with E-state index in [1.54, 1.807) is 25.1 Å².